The van der Waals surface area contributed by atoms with Crippen LogP contribution in [0.3, 0.4) is 0 Å². The summed E-state index contributed by atoms with van der Waals surface area (Å²) in [5.74, 6) is 2.55. The number of aliphatic imine (C=N–C) groups is 1. The zero-order valence-corrected chi connectivity index (χ0v) is 15.1. The number of nitrogens with zero attached hydrogens (tertiary/aromatic N) is 2. The van der Waals surface area contributed by atoms with Gasteiger partial charge in [-0.15, -0.1) is 24.0 Å². The Balaban J connectivity index is 0.00000147. The van der Waals surface area contributed by atoms with Crippen LogP contribution in [0.1, 0.15) is 5.56 Å². The summed E-state index contributed by atoms with van der Waals surface area (Å²) in [4.78, 5) is 6.52. The largest absolute Gasteiger partial charge is 0.486 e. The molecule has 20 heavy (non-hydrogen) atoms. The Morgan fingerprint density at radius 3 is 2.90 bits per heavy atom. The van der Waals surface area contributed by atoms with Gasteiger partial charge < -0.3 is 19.7 Å². The molecule has 0 amide bonds. The molecule has 5 nitrogen and oxygen atoms in total. The summed E-state index contributed by atoms with van der Waals surface area (Å²) in [6.45, 7) is 3.77. The number of halogens is 2. The van der Waals surface area contributed by atoms with Gasteiger partial charge in [0, 0.05) is 20.1 Å². The summed E-state index contributed by atoms with van der Waals surface area (Å²) in [6.07, 6.45) is 0. The van der Waals surface area contributed by atoms with E-state index in [0.29, 0.717) is 13.2 Å². The van der Waals surface area contributed by atoms with E-state index in [2.05, 4.69) is 37.2 Å². The van der Waals surface area contributed by atoms with Gasteiger partial charge in [0.25, 0.3) is 0 Å². The summed E-state index contributed by atoms with van der Waals surface area (Å²) in [7, 11) is 2.04. The first kappa shape index (κ1) is 15.7. The summed E-state index contributed by atoms with van der Waals surface area (Å²) in [5.41, 5.74) is 1.14. The van der Waals surface area contributed by atoms with Crippen molar-refractivity contribution in [3.8, 4) is 11.5 Å². The molecule has 110 valence electrons. The third kappa shape index (κ3) is 3.30. The molecule has 2 aliphatic heterocycles. The van der Waals surface area contributed by atoms with Crippen molar-refractivity contribution in [1.82, 2.24) is 10.2 Å². The van der Waals surface area contributed by atoms with E-state index >= 15 is 0 Å². The highest BCUT2D eigenvalue weighted by Crippen LogP contribution is 2.38. The topological polar surface area (TPSA) is 46.1 Å². The molecule has 0 radical (unpaired) electrons. The molecule has 0 unspecified atom stereocenters. The van der Waals surface area contributed by atoms with E-state index in [4.69, 9.17) is 9.47 Å². The number of ether oxygens (including phenoxy) is 2. The van der Waals surface area contributed by atoms with Gasteiger partial charge in [-0.05, 0) is 33.6 Å². The lowest BCUT2D eigenvalue weighted by atomic mass is 10.2. The van der Waals surface area contributed by atoms with Crippen molar-refractivity contribution in [1.29, 1.82) is 0 Å². The van der Waals surface area contributed by atoms with E-state index in [-0.39, 0.29) is 24.0 Å². The van der Waals surface area contributed by atoms with Crippen LogP contribution in [0, 0.1) is 0 Å². The third-order valence-corrected chi connectivity index (χ3v) is 3.75. The van der Waals surface area contributed by atoms with E-state index in [1.165, 1.54) is 0 Å². The Bertz CT molecular complexity index is 525. The molecule has 0 spiro atoms. The van der Waals surface area contributed by atoms with E-state index in [1.807, 2.05) is 13.1 Å². The quantitative estimate of drug-likeness (QED) is 0.697. The second kappa shape index (κ2) is 6.84. The minimum Gasteiger partial charge on any atom is -0.486 e. The average molecular weight is 454 g/mol. The SMILES string of the molecule is CN1CCN=C1NCc1cc(Br)c2c(c1)OCCO2.I. The first-order chi connectivity index (χ1) is 9.24. The number of guanidine groups is 1. The van der Waals surface area contributed by atoms with Crippen LogP contribution >= 0.6 is 39.9 Å². The smallest absolute Gasteiger partial charge is 0.194 e. The molecule has 0 atom stereocenters. The van der Waals surface area contributed by atoms with E-state index in [9.17, 15) is 0 Å². The Kier molecular flexibility index (Phi) is 5.36. The van der Waals surface area contributed by atoms with Crippen molar-refractivity contribution in [3.63, 3.8) is 0 Å². The molecule has 1 N–H and O–H groups in total. The molecule has 0 aliphatic carbocycles. The van der Waals surface area contributed by atoms with Gasteiger partial charge in [-0.25, -0.2) is 0 Å². The molecule has 2 aliphatic rings. The van der Waals surface area contributed by atoms with Gasteiger partial charge in [-0.3, -0.25) is 4.99 Å². The summed E-state index contributed by atoms with van der Waals surface area (Å²) in [6, 6.07) is 4.07. The summed E-state index contributed by atoms with van der Waals surface area (Å²) in [5, 5.41) is 3.34. The van der Waals surface area contributed by atoms with Crippen LogP contribution in [0.2, 0.25) is 0 Å². The Labute approximate surface area is 143 Å². The zero-order valence-electron chi connectivity index (χ0n) is 11.2. The van der Waals surface area contributed by atoms with Crippen LogP contribution in [0.5, 0.6) is 11.5 Å². The number of hydrogen-bond donors (Lipinski definition) is 1. The minimum absolute atomic E-state index is 0. The molecule has 1 aromatic carbocycles. The van der Waals surface area contributed by atoms with Crippen LogP contribution < -0.4 is 14.8 Å². The molecule has 7 heteroatoms. The van der Waals surface area contributed by atoms with E-state index < -0.39 is 0 Å². The van der Waals surface area contributed by atoms with Crippen LogP contribution in [0.15, 0.2) is 21.6 Å². The molecular weight excluding hydrogens is 437 g/mol. The molecule has 0 fully saturated rings. The van der Waals surface area contributed by atoms with Crippen LogP contribution in [0.4, 0.5) is 0 Å². The lowest BCUT2D eigenvalue weighted by molar-refractivity contribution is 0.170. The number of fused-ring (bicyclic) bond motifs is 1. The van der Waals surface area contributed by atoms with Crippen LogP contribution in [0.25, 0.3) is 0 Å². The van der Waals surface area contributed by atoms with Crippen molar-refractivity contribution in [3.05, 3.63) is 22.2 Å². The molecular formula is C13H17BrIN3O2. The van der Waals surface area contributed by atoms with Gasteiger partial charge >= 0.3 is 0 Å². The molecule has 2 heterocycles. The van der Waals surface area contributed by atoms with Crippen molar-refractivity contribution in [2.75, 3.05) is 33.4 Å². The van der Waals surface area contributed by atoms with Gasteiger partial charge in [0.05, 0.1) is 11.0 Å². The average Bonchev–Trinajstić information content (AvgIpc) is 2.82. The first-order valence-corrected chi connectivity index (χ1v) is 7.11. The fourth-order valence-corrected chi connectivity index (χ4v) is 2.77. The predicted molar refractivity (Wildman–Crippen MR) is 92.3 cm³/mol. The second-order valence-corrected chi connectivity index (χ2v) is 5.44. The lowest BCUT2D eigenvalue weighted by Crippen LogP contribution is -2.35. The van der Waals surface area contributed by atoms with Crippen molar-refractivity contribution in [2.45, 2.75) is 6.54 Å². The molecule has 3 rings (SSSR count). The van der Waals surface area contributed by atoms with Crippen molar-refractivity contribution >= 4 is 45.9 Å². The van der Waals surface area contributed by atoms with Gasteiger partial charge in [0.1, 0.15) is 13.2 Å². The van der Waals surface area contributed by atoms with E-state index in [0.717, 1.165) is 47.1 Å². The standard InChI is InChI=1S/C13H16BrN3O2.HI/c1-17-3-2-15-13(17)16-8-9-6-10(14)12-11(7-9)18-4-5-19-12;/h6-7H,2-5,8H2,1H3,(H,15,16);1H. The predicted octanol–water partition coefficient (Wildman–Crippen LogP) is 2.23. The van der Waals surface area contributed by atoms with Gasteiger partial charge in [-0.2, -0.15) is 0 Å². The second-order valence-electron chi connectivity index (χ2n) is 4.58. The third-order valence-electron chi connectivity index (χ3n) is 3.17. The van der Waals surface area contributed by atoms with Crippen molar-refractivity contribution < 1.29 is 9.47 Å². The highest BCUT2D eigenvalue weighted by molar-refractivity contribution is 14.0. The fourth-order valence-electron chi connectivity index (χ4n) is 2.17. The Morgan fingerprint density at radius 1 is 1.35 bits per heavy atom. The number of rotatable bonds is 2. The zero-order chi connectivity index (χ0) is 13.2. The number of hydrogen-bond acceptors (Lipinski definition) is 5. The van der Waals surface area contributed by atoms with Crippen molar-refractivity contribution in [2.24, 2.45) is 4.99 Å². The monoisotopic (exact) mass is 453 g/mol. The molecule has 0 saturated heterocycles. The lowest BCUT2D eigenvalue weighted by Gasteiger charge is -2.21. The Morgan fingerprint density at radius 2 is 2.15 bits per heavy atom. The summed E-state index contributed by atoms with van der Waals surface area (Å²) < 4.78 is 12.1. The van der Waals surface area contributed by atoms with E-state index in [1.54, 1.807) is 0 Å². The number of benzene rings is 1. The molecule has 0 bridgehead atoms. The minimum atomic E-state index is 0. The summed E-state index contributed by atoms with van der Waals surface area (Å²) >= 11 is 3.52. The number of nitrogens with one attached hydrogen (secondary N) is 1. The first-order valence-electron chi connectivity index (χ1n) is 6.31. The van der Waals surface area contributed by atoms with Crippen LogP contribution in [-0.4, -0.2) is 44.2 Å². The molecule has 0 saturated carbocycles. The normalized spacial score (nSPS) is 16.5. The Hall–Kier alpha value is -0.700. The van der Waals surface area contributed by atoms with Crippen LogP contribution in [-0.2, 0) is 6.54 Å². The fraction of sp³-hybridized carbons (Fsp3) is 0.462. The highest BCUT2D eigenvalue weighted by atomic mass is 127. The maximum atomic E-state index is 5.61. The van der Waals surface area contributed by atoms with Gasteiger partial charge in [0.15, 0.2) is 17.5 Å². The maximum absolute atomic E-state index is 5.61. The molecule has 1 aromatic rings. The number of likely N-dealkylation sites (N-methyl/N-ethyl adjacent to an activating group) is 1. The highest BCUT2D eigenvalue weighted by Gasteiger charge is 2.17. The molecule has 0 aromatic heterocycles. The van der Waals surface area contributed by atoms with Gasteiger partial charge in [0.2, 0.25) is 0 Å². The van der Waals surface area contributed by atoms with Gasteiger partial charge in [-0.1, -0.05) is 0 Å². The maximum Gasteiger partial charge on any atom is 0.194 e.